The minimum absolute atomic E-state index is 0.0668. The summed E-state index contributed by atoms with van der Waals surface area (Å²) in [6.45, 7) is 0.623. The van der Waals surface area contributed by atoms with Gasteiger partial charge in [0.25, 0.3) is 0 Å². The van der Waals surface area contributed by atoms with Gasteiger partial charge in [-0.15, -0.1) is 0 Å². The molecule has 0 aromatic carbocycles. The molecule has 2 fully saturated rings. The number of likely N-dealkylation sites (tertiary alicyclic amines) is 1. The molecule has 1 atom stereocenters. The zero-order chi connectivity index (χ0) is 12.5. The highest BCUT2D eigenvalue weighted by atomic mass is 16.5. The Hall–Kier alpha value is -1.10. The molecule has 1 heterocycles. The van der Waals surface area contributed by atoms with E-state index in [0.717, 1.165) is 32.1 Å². The number of nitrogens with zero attached hydrogens (tertiary/aromatic N) is 1. The van der Waals surface area contributed by atoms with Crippen molar-refractivity contribution in [3.63, 3.8) is 0 Å². The molecule has 0 spiro atoms. The van der Waals surface area contributed by atoms with Crippen LogP contribution in [0.2, 0.25) is 0 Å². The molecular formula is C12H20N2O3. The zero-order valence-corrected chi connectivity index (χ0v) is 10.3. The van der Waals surface area contributed by atoms with Gasteiger partial charge in [0.05, 0.1) is 12.6 Å². The molecule has 1 aliphatic heterocycles. The van der Waals surface area contributed by atoms with E-state index in [2.05, 4.69) is 0 Å². The molecule has 0 bridgehead atoms. The lowest BCUT2D eigenvalue weighted by Gasteiger charge is -2.31. The summed E-state index contributed by atoms with van der Waals surface area (Å²) >= 11 is 0. The molecule has 2 N–H and O–H groups in total. The smallest absolute Gasteiger partial charge is 0.328 e. The number of rotatable bonds is 2. The van der Waals surface area contributed by atoms with Crippen LogP contribution in [0.15, 0.2) is 0 Å². The first-order valence-corrected chi connectivity index (χ1v) is 6.26. The number of amides is 1. The van der Waals surface area contributed by atoms with Crippen molar-refractivity contribution < 1.29 is 14.3 Å². The lowest BCUT2D eigenvalue weighted by molar-refractivity contribution is -0.152. The average Bonchev–Trinajstić information content (AvgIpc) is 2.96. The van der Waals surface area contributed by atoms with Crippen molar-refractivity contribution in [1.82, 2.24) is 4.90 Å². The van der Waals surface area contributed by atoms with Crippen molar-refractivity contribution >= 4 is 11.9 Å². The quantitative estimate of drug-likeness (QED) is 0.710. The van der Waals surface area contributed by atoms with Crippen molar-refractivity contribution in [2.24, 2.45) is 5.73 Å². The Bertz CT molecular complexity index is 324. The third-order valence-corrected chi connectivity index (χ3v) is 3.91. The summed E-state index contributed by atoms with van der Waals surface area (Å²) in [6.07, 6.45) is 5.00. The largest absolute Gasteiger partial charge is 0.467 e. The average molecular weight is 240 g/mol. The summed E-state index contributed by atoms with van der Waals surface area (Å²) in [5.74, 6) is -0.389. The van der Waals surface area contributed by atoms with Gasteiger partial charge in [-0.25, -0.2) is 4.79 Å². The van der Waals surface area contributed by atoms with Gasteiger partial charge < -0.3 is 15.4 Å². The SMILES string of the molecule is COC(=O)C1CCCN1C(=O)C1(N)CCCC1. The van der Waals surface area contributed by atoms with Gasteiger partial charge in [0.1, 0.15) is 6.04 Å². The lowest BCUT2D eigenvalue weighted by atomic mass is 9.97. The first-order chi connectivity index (χ1) is 8.08. The highest BCUT2D eigenvalue weighted by molar-refractivity contribution is 5.91. The fourth-order valence-electron chi connectivity index (χ4n) is 2.90. The van der Waals surface area contributed by atoms with Gasteiger partial charge in [-0.2, -0.15) is 0 Å². The number of nitrogens with two attached hydrogens (primary N) is 1. The first-order valence-electron chi connectivity index (χ1n) is 6.26. The summed E-state index contributed by atoms with van der Waals surface area (Å²) in [5, 5.41) is 0. The van der Waals surface area contributed by atoms with Gasteiger partial charge in [-0.05, 0) is 25.7 Å². The maximum Gasteiger partial charge on any atom is 0.328 e. The number of hydrogen-bond donors (Lipinski definition) is 1. The van der Waals surface area contributed by atoms with Crippen LogP contribution in [0.25, 0.3) is 0 Å². The van der Waals surface area contributed by atoms with Crippen LogP contribution in [0, 0.1) is 0 Å². The normalized spacial score (nSPS) is 27.2. The first kappa shape index (κ1) is 12.4. The van der Waals surface area contributed by atoms with Crippen molar-refractivity contribution in [2.45, 2.75) is 50.1 Å². The maximum atomic E-state index is 12.4. The fraction of sp³-hybridized carbons (Fsp3) is 0.833. The fourth-order valence-corrected chi connectivity index (χ4v) is 2.90. The molecule has 5 nitrogen and oxygen atoms in total. The molecule has 1 saturated carbocycles. The number of ether oxygens (including phenoxy) is 1. The predicted molar refractivity (Wildman–Crippen MR) is 62.1 cm³/mol. The summed E-state index contributed by atoms with van der Waals surface area (Å²) in [5.41, 5.74) is 5.40. The molecule has 2 rings (SSSR count). The number of esters is 1. The molecule has 0 aromatic rings. The number of carbonyl (C=O) groups excluding carboxylic acids is 2. The third kappa shape index (κ3) is 2.16. The lowest BCUT2D eigenvalue weighted by Crippen LogP contribution is -2.56. The second kappa shape index (κ2) is 4.64. The molecule has 17 heavy (non-hydrogen) atoms. The van der Waals surface area contributed by atoms with E-state index in [0.29, 0.717) is 13.0 Å². The minimum Gasteiger partial charge on any atom is -0.467 e. The second-order valence-corrected chi connectivity index (χ2v) is 5.04. The summed E-state index contributed by atoms with van der Waals surface area (Å²) in [7, 11) is 1.36. The standard InChI is InChI=1S/C12H20N2O3/c1-17-10(15)9-5-4-8-14(9)11(16)12(13)6-2-3-7-12/h9H,2-8,13H2,1H3. The van der Waals surface area contributed by atoms with E-state index >= 15 is 0 Å². The van der Waals surface area contributed by atoms with Crippen LogP contribution >= 0.6 is 0 Å². The highest BCUT2D eigenvalue weighted by Gasteiger charge is 2.45. The maximum absolute atomic E-state index is 12.4. The predicted octanol–water partition coefficient (Wildman–Crippen LogP) is 0.422. The highest BCUT2D eigenvalue weighted by Crippen LogP contribution is 2.31. The van der Waals surface area contributed by atoms with Crippen LogP contribution in [0.1, 0.15) is 38.5 Å². The Morgan fingerprint density at radius 2 is 1.94 bits per heavy atom. The Morgan fingerprint density at radius 3 is 2.53 bits per heavy atom. The van der Waals surface area contributed by atoms with E-state index in [1.165, 1.54) is 7.11 Å². The third-order valence-electron chi connectivity index (χ3n) is 3.91. The van der Waals surface area contributed by atoms with Crippen LogP contribution in [0.5, 0.6) is 0 Å². The van der Waals surface area contributed by atoms with E-state index in [1.54, 1.807) is 4.90 Å². The zero-order valence-electron chi connectivity index (χ0n) is 10.3. The summed E-state index contributed by atoms with van der Waals surface area (Å²) < 4.78 is 4.74. The molecule has 1 unspecified atom stereocenters. The molecular weight excluding hydrogens is 220 g/mol. The summed E-state index contributed by atoms with van der Waals surface area (Å²) in [4.78, 5) is 25.6. The van der Waals surface area contributed by atoms with Crippen molar-refractivity contribution in [1.29, 1.82) is 0 Å². The van der Waals surface area contributed by atoms with Gasteiger partial charge in [-0.1, -0.05) is 12.8 Å². The van der Waals surface area contributed by atoms with E-state index < -0.39 is 11.6 Å². The Kier molecular flexibility index (Phi) is 3.38. The Balaban J connectivity index is 2.10. The molecule has 0 radical (unpaired) electrons. The second-order valence-electron chi connectivity index (χ2n) is 5.04. The van der Waals surface area contributed by atoms with Gasteiger partial charge in [0, 0.05) is 6.54 Å². The molecule has 0 aromatic heterocycles. The number of methoxy groups -OCH3 is 1. The van der Waals surface area contributed by atoms with Gasteiger partial charge >= 0.3 is 5.97 Å². The van der Waals surface area contributed by atoms with Gasteiger partial charge in [-0.3, -0.25) is 4.79 Å². The van der Waals surface area contributed by atoms with Crippen LogP contribution in [-0.2, 0) is 14.3 Å². The molecule has 2 aliphatic rings. The topological polar surface area (TPSA) is 72.6 Å². The molecule has 5 heteroatoms. The molecule has 1 amide bonds. The number of carbonyl (C=O) groups is 2. The molecule has 1 aliphatic carbocycles. The van der Waals surface area contributed by atoms with E-state index in [9.17, 15) is 9.59 Å². The van der Waals surface area contributed by atoms with Crippen LogP contribution < -0.4 is 5.73 Å². The van der Waals surface area contributed by atoms with Crippen LogP contribution in [-0.4, -0.2) is 42.0 Å². The van der Waals surface area contributed by atoms with E-state index in [4.69, 9.17) is 10.5 Å². The Morgan fingerprint density at radius 1 is 1.29 bits per heavy atom. The van der Waals surface area contributed by atoms with Gasteiger partial charge in [0.15, 0.2) is 0 Å². The van der Waals surface area contributed by atoms with Crippen molar-refractivity contribution in [3.05, 3.63) is 0 Å². The molecule has 96 valence electrons. The minimum atomic E-state index is -0.739. The van der Waals surface area contributed by atoms with E-state index in [-0.39, 0.29) is 11.9 Å². The van der Waals surface area contributed by atoms with Crippen LogP contribution in [0.4, 0.5) is 0 Å². The Labute approximate surface area is 101 Å². The number of hydrogen-bond acceptors (Lipinski definition) is 4. The monoisotopic (exact) mass is 240 g/mol. The van der Waals surface area contributed by atoms with Crippen molar-refractivity contribution in [3.8, 4) is 0 Å². The van der Waals surface area contributed by atoms with Gasteiger partial charge in [0.2, 0.25) is 5.91 Å². The summed E-state index contributed by atoms with van der Waals surface area (Å²) in [6, 6.07) is -0.423. The molecule has 1 saturated heterocycles. The van der Waals surface area contributed by atoms with E-state index in [1.807, 2.05) is 0 Å². The van der Waals surface area contributed by atoms with Crippen molar-refractivity contribution in [2.75, 3.05) is 13.7 Å². The van der Waals surface area contributed by atoms with Crippen LogP contribution in [0.3, 0.4) is 0 Å².